The molecule has 5 rings (SSSR count). The number of nitrogens with one attached hydrogen (secondary N) is 2. The maximum Gasteiger partial charge on any atom is 0.263 e. The molecule has 5 aromatic rings. The molecular formula is C31H30N6O3. The number of hydrogen-bond donors (Lipinski definition) is 2. The van der Waals surface area contributed by atoms with Gasteiger partial charge in [-0.3, -0.25) is 9.59 Å². The molecule has 0 aliphatic carbocycles. The van der Waals surface area contributed by atoms with Gasteiger partial charge in [-0.2, -0.15) is 0 Å². The Morgan fingerprint density at radius 3 is 2.70 bits per heavy atom. The number of carbonyl (C=O) groups is 1. The standard InChI is InChI=1S/C31H30N6O3/c1-36(2)19-23-7-10-26(11-8-23)34-31-33-18-25-17-22(9-12-28(25)35-31)5-3-14-32-29(38)27-6-4-15-37(30(27)39)20-24-13-16-40-21-24/h3-13,15-18,21H,14,19-20H2,1-2H3,(H,32,38)(H,33,34,35)/b5-3+. The zero-order chi connectivity index (χ0) is 27.9. The Hall–Kier alpha value is -5.02. The van der Waals surface area contributed by atoms with E-state index >= 15 is 0 Å². The minimum Gasteiger partial charge on any atom is -0.472 e. The van der Waals surface area contributed by atoms with Crippen molar-refractivity contribution in [2.24, 2.45) is 0 Å². The molecule has 9 nitrogen and oxygen atoms in total. The van der Waals surface area contributed by atoms with Crippen molar-refractivity contribution in [1.82, 2.24) is 24.8 Å². The molecule has 3 aromatic heterocycles. The van der Waals surface area contributed by atoms with E-state index in [0.717, 1.165) is 34.3 Å². The van der Waals surface area contributed by atoms with Gasteiger partial charge in [0.1, 0.15) is 5.56 Å². The predicted octanol–water partition coefficient (Wildman–Crippen LogP) is 4.68. The Bertz CT molecular complexity index is 1690. The molecule has 0 spiro atoms. The minimum atomic E-state index is -0.421. The maximum atomic E-state index is 12.7. The van der Waals surface area contributed by atoms with Crippen LogP contribution in [0.15, 0.2) is 101 Å². The Morgan fingerprint density at radius 1 is 1.07 bits per heavy atom. The number of pyridine rings is 1. The fraction of sp³-hybridized carbons (Fsp3) is 0.161. The number of benzene rings is 2. The zero-order valence-corrected chi connectivity index (χ0v) is 22.4. The average molecular weight is 535 g/mol. The number of furan rings is 1. The summed E-state index contributed by atoms with van der Waals surface area (Å²) in [6.07, 6.45) is 10.3. The van der Waals surface area contributed by atoms with Gasteiger partial charge < -0.3 is 24.5 Å². The minimum absolute atomic E-state index is 0.0937. The van der Waals surface area contributed by atoms with Crippen LogP contribution in [0.3, 0.4) is 0 Å². The summed E-state index contributed by atoms with van der Waals surface area (Å²) in [6.45, 7) is 1.50. The van der Waals surface area contributed by atoms with E-state index in [4.69, 9.17) is 4.42 Å². The molecule has 3 heterocycles. The molecule has 2 aromatic carbocycles. The molecule has 0 aliphatic heterocycles. The van der Waals surface area contributed by atoms with Gasteiger partial charge in [0.25, 0.3) is 11.5 Å². The maximum absolute atomic E-state index is 12.7. The van der Waals surface area contributed by atoms with Crippen molar-refractivity contribution < 1.29 is 9.21 Å². The second kappa shape index (κ2) is 12.2. The van der Waals surface area contributed by atoms with Gasteiger partial charge in [0.05, 0.1) is 24.6 Å². The normalized spacial score (nSPS) is 11.4. The molecule has 0 atom stereocenters. The quantitative estimate of drug-likeness (QED) is 0.268. The zero-order valence-electron chi connectivity index (χ0n) is 22.4. The first-order chi connectivity index (χ1) is 19.4. The molecule has 9 heteroatoms. The van der Waals surface area contributed by atoms with E-state index in [9.17, 15) is 9.59 Å². The topological polar surface area (TPSA) is 105 Å². The van der Waals surface area contributed by atoms with Crippen LogP contribution in [0.25, 0.3) is 17.0 Å². The summed E-state index contributed by atoms with van der Waals surface area (Å²) in [5.74, 6) is 0.110. The van der Waals surface area contributed by atoms with E-state index in [0.29, 0.717) is 12.5 Å². The summed E-state index contributed by atoms with van der Waals surface area (Å²) in [5.41, 5.74) is 4.52. The number of amides is 1. The van der Waals surface area contributed by atoms with Gasteiger partial charge >= 0.3 is 0 Å². The van der Waals surface area contributed by atoms with Crippen molar-refractivity contribution in [3.63, 3.8) is 0 Å². The van der Waals surface area contributed by atoms with E-state index in [1.165, 1.54) is 16.2 Å². The SMILES string of the molecule is CN(C)Cc1ccc(Nc2ncc3cc(/C=C/CNC(=O)c4cccn(Cc5ccoc5)c4=O)ccc3n2)cc1. The van der Waals surface area contributed by atoms with Crippen molar-refractivity contribution in [2.75, 3.05) is 26.0 Å². The number of hydrogen-bond acceptors (Lipinski definition) is 7. The number of aromatic nitrogens is 3. The Morgan fingerprint density at radius 2 is 1.93 bits per heavy atom. The predicted molar refractivity (Wildman–Crippen MR) is 157 cm³/mol. The van der Waals surface area contributed by atoms with Crippen LogP contribution in [0.5, 0.6) is 0 Å². The molecule has 2 N–H and O–H groups in total. The molecule has 0 fully saturated rings. The molecule has 0 bridgehead atoms. The number of fused-ring (bicyclic) bond motifs is 1. The van der Waals surface area contributed by atoms with Crippen LogP contribution in [-0.4, -0.2) is 46.0 Å². The van der Waals surface area contributed by atoms with Gasteiger partial charge in [0.15, 0.2) is 0 Å². The van der Waals surface area contributed by atoms with E-state index in [1.54, 1.807) is 37.1 Å². The van der Waals surface area contributed by atoms with E-state index in [2.05, 4.69) is 37.6 Å². The molecule has 40 heavy (non-hydrogen) atoms. The summed E-state index contributed by atoms with van der Waals surface area (Å²) in [7, 11) is 4.09. The van der Waals surface area contributed by atoms with Crippen LogP contribution in [-0.2, 0) is 13.1 Å². The van der Waals surface area contributed by atoms with E-state index in [1.807, 2.05) is 56.6 Å². The lowest BCUT2D eigenvalue weighted by Crippen LogP contribution is -2.32. The van der Waals surface area contributed by atoms with Crippen LogP contribution in [0.2, 0.25) is 0 Å². The molecular weight excluding hydrogens is 504 g/mol. The third kappa shape index (κ3) is 6.69. The van der Waals surface area contributed by atoms with Crippen molar-refractivity contribution in [3.8, 4) is 0 Å². The average Bonchev–Trinajstić information content (AvgIpc) is 3.46. The summed E-state index contributed by atoms with van der Waals surface area (Å²) in [5, 5.41) is 6.94. The highest BCUT2D eigenvalue weighted by molar-refractivity contribution is 5.94. The second-order valence-corrected chi connectivity index (χ2v) is 9.67. The summed E-state index contributed by atoms with van der Waals surface area (Å²) < 4.78 is 6.54. The number of carbonyl (C=O) groups excluding carboxylic acids is 1. The Balaban J connectivity index is 1.18. The van der Waals surface area contributed by atoms with Crippen LogP contribution in [0, 0.1) is 0 Å². The lowest BCUT2D eigenvalue weighted by atomic mass is 10.1. The molecule has 1 amide bonds. The molecule has 0 saturated heterocycles. The summed E-state index contributed by atoms with van der Waals surface area (Å²) in [6, 6.07) is 19.1. The summed E-state index contributed by atoms with van der Waals surface area (Å²) >= 11 is 0. The largest absolute Gasteiger partial charge is 0.472 e. The summed E-state index contributed by atoms with van der Waals surface area (Å²) in [4.78, 5) is 36.6. The first-order valence-electron chi connectivity index (χ1n) is 12.9. The van der Waals surface area contributed by atoms with Gasteiger partial charge in [-0.1, -0.05) is 30.4 Å². The highest BCUT2D eigenvalue weighted by atomic mass is 16.3. The van der Waals surface area contributed by atoms with Gasteiger partial charge in [0, 0.05) is 42.1 Å². The van der Waals surface area contributed by atoms with Gasteiger partial charge in [0.2, 0.25) is 5.95 Å². The fourth-order valence-corrected chi connectivity index (χ4v) is 4.26. The van der Waals surface area contributed by atoms with Crippen LogP contribution >= 0.6 is 0 Å². The first kappa shape index (κ1) is 26.6. The van der Waals surface area contributed by atoms with Crippen LogP contribution < -0.4 is 16.2 Å². The van der Waals surface area contributed by atoms with Crippen molar-refractivity contribution in [1.29, 1.82) is 0 Å². The molecule has 0 radical (unpaired) electrons. The fourth-order valence-electron chi connectivity index (χ4n) is 4.26. The lowest BCUT2D eigenvalue weighted by molar-refractivity contribution is 0.0956. The monoisotopic (exact) mass is 534 g/mol. The smallest absolute Gasteiger partial charge is 0.263 e. The Kier molecular flexibility index (Phi) is 8.13. The lowest BCUT2D eigenvalue weighted by Gasteiger charge is -2.11. The molecule has 0 saturated carbocycles. The Labute approximate surface area is 231 Å². The number of rotatable bonds is 10. The molecule has 0 unspecified atom stereocenters. The highest BCUT2D eigenvalue weighted by Crippen LogP contribution is 2.19. The van der Waals surface area contributed by atoms with Crippen molar-refractivity contribution >= 4 is 34.5 Å². The van der Waals surface area contributed by atoms with Gasteiger partial charge in [-0.15, -0.1) is 0 Å². The first-order valence-corrected chi connectivity index (χ1v) is 12.9. The number of anilines is 2. The van der Waals surface area contributed by atoms with Crippen molar-refractivity contribution in [2.45, 2.75) is 13.1 Å². The van der Waals surface area contributed by atoms with Crippen LogP contribution in [0.1, 0.15) is 27.0 Å². The second-order valence-electron chi connectivity index (χ2n) is 9.67. The van der Waals surface area contributed by atoms with Crippen molar-refractivity contribution in [3.05, 3.63) is 124 Å². The van der Waals surface area contributed by atoms with Gasteiger partial charge in [-0.25, -0.2) is 9.97 Å². The number of nitrogens with zero attached hydrogens (tertiary/aromatic N) is 4. The third-order valence-corrected chi connectivity index (χ3v) is 6.20. The molecule has 0 aliphatic rings. The van der Waals surface area contributed by atoms with Gasteiger partial charge in [-0.05, 0) is 67.7 Å². The third-order valence-electron chi connectivity index (χ3n) is 6.20. The highest BCUT2D eigenvalue weighted by Gasteiger charge is 2.11. The van der Waals surface area contributed by atoms with E-state index in [-0.39, 0.29) is 17.7 Å². The van der Waals surface area contributed by atoms with Crippen LogP contribution in [0.4, 0.5) is 11.6 Å². The van der Waals surface area contributed by atoms with E-state index < -0.39 is 5.91 Å². The molecule has 202 valence electrons.